The van der Waals surface area contributed by atoms with Crippen molar-refractivity contribution in [2.24, 2.45) is 17.8 Å². The highest BCUT2D eigenvalue weighted by Crippen LogP contribution is 2.19. The molecule has 0 aliphatic carbocycles. The molecule has 20 heavy (non-hydrogen) atoms. The largest absolute Gasteiger partial charge is 0.350 e. The lowest BCUT2D eigenvalue weighted by Crippen LogP contribution is -2.34. The van der Waals surface area contributed by atoms with Gasteiger partial charge in [-0.05, 0) is 36.8 Å². The van der Waals surface area contributed by atoms with Gasteiger partial charge in [-0.2, -0.15) is 5.26 Å². The number of aryl methyl sites for hydroxylation is 1. The van der Waals surface area contributed by atoms with Crippen molar-refractivity contribution in [3.8, 4) is 6.07 Å². The average molecular weight is 273 g/mol. The molecular formula is C16H23N3O. The van der Waals surface area contributed by atoms with Crippen molar-refractivity contribution in [2.45, 2.75) is 34.6 Å². The minimum Gasteiger partial charge on any atom is -0.350 e. The number of pyridine rings is 1. The van der Waals surface area contributed by atoms with Crippen LogP contribution in [0.3, 0.4) is 0 Å². The predicted molar refractivity (Wildman–Crippen MR) is 79.2 cm³/mol. The Balaban J connectivity index is 2.72. The standard InChI is InChI=1S/C16H23N3O/c1-10(2)14(11(3)4)9-18-16(20)15-7-6-13(8-17)12(5)19-15/h6-7,10-11,14H,9H2,1-5H3,(H,18,20). The summed E-state index contributed by atoms with van der Waals surface area (Å²) in [5, 5.41) is 11.8. The summed E-state index contributed by atoms with van der Waals surface area (Å²) in [4.78, 5) is 16.3. The molecular weight excluding hydrogens is 250 g/mol. The second kappa shape index (κ2) is 7.04. The number of hydrogen-bond acceptors (Lipinski definition) is 3. The summed E-state index contributed by atoms with van der Waals surface area (Å²) < 4.78 is 0. The van der Waals surface area contributed by atoms with Crippen molar-refractivity contribution in [1.29, 1.82) is 5.26 Å². The van der Waals surface area contributed by atoms with Gasteiger partial charge in [-0.1, -0.05) is 27.7 Å². The molecule has 0 bridgehead atoms. The van der Waals surface area contributed by atoms with E-state index < -0.39 is 0 Å². The lowest BCUT2D eigenvalue weighted by Gasteiger charge is -2.24. The van der Waals surface area contributed by atoms with Gasteiger partial charge in [-0.25, -0.2) is 4.98 Å². The van der Waals surface area contributed by atoms with Gasteiger partial charge in [0, 0.05) is 6.54 Å². The Morgan fingerprint density at radius 2 is 1.90 bits per heavy atom. The third-order valence-electron chi connectivity index (χ3n) is 3.65. The molecule has 0 spiro atoms. The maximum absolute atomic E-state index is 12.1. The highest BCUT2D eigenvalue weighted by Gasteiger charge is 2.19. The number of aromatic nitrogens is 1. The van der Waals surface area contributed by atoms with E-state index in [0.29, 0.717) is 41.2 Å². The Hall–Kier alpha value is -1.89. The van der Waals surface area contributed by atoms with Gasteiger partial charge in [0.15, 0.2) is 0 Å². The quantitative estimate of drug-likeness (QED) is 0.897. The minimum atomic E-state index is -0.177. The Morgan fingerprint density at radius 3 is 2.35 bits per heavy atom. The van der Waals surface area contributed by atoms with Gasteiger partial charge < -0.3 is 5.32 Å². The molecule has 1 rings (SSSR count). The molecule has 4 heteroatoms. The van der Waals surface area contributed by atoms with Gasteiger partial charge >= 0.3 is 0 Å². The van der Waals surface area contributed by atoms with Crippen LogP contribution in [-0.2, 0) is 0 Å². The lowest BCUT2D eigenvalue weighted by atomic mass is 9.85. The van der Waals surface area contributed by atoms with E-state index in [9.17, 15) is 4.79 Å². The average Bonchev–Trinajstić information content (AvgIpc) is 2.37. The summed E-state index contributed by atoms with van der Waals surface area (Å²) in [6, 6.07) is 5.28. The highest BCUT2D eigenvalue weighted by molar-refractivity contribution is 5.92. The monoisotopic (exact) mass is 273 g/mol. The Labute approximate surface area is 121 Å². The zero-order valence-electron chi connectivity index (χ0n) is 12.9. The summed E-state index contributed by atoms with van der Waals surface area (Å²) >= 11 is 0. The van der Waals surface area contributed by atoms with E-state index in [2.05, 4.69) is 38.0 Å². The second-order valence-corrected chi connectivity index (χ2v) is 5.80. The number of carbonyl (C=O) groups is 1. The van der Waals surface area contributed by atoms with Crippen LogP contribution < -0.4 is 5.32 Å². The van der Waals surface area contributed by atoms with Crippen LogP contribution in [0.25, 0.3) is 0 Å². The zero-order chi connectivity index (χ0) is 15.3. The van der Waals surface area contributed by atoms with Gasteiger partial charge in [0.2, 0.25) is 0 Å². The van der Waals surface area contributed by atoms with E-state index in [4.69, 9.17) is 5.26 Å². The number of nitriles is 1. The lowest BCUT2D eigenvalue weighted by molar-refractivity contribution is 0.0932. The number of amides is 1. The fourth-order valence-corrected chi connectivity index (χ4v) is 2.35. The predicted octanol–water partition coefficient (Wildman–Crippen LogP) is 2.92. The van der Waals surface area contributed by atoms with Crippen LogP contribution in [0.15, 0.2) is 12.1 Å². The van der Waals surface area contributed by atoms with Gasteiger partial charge in [0.1, 0.15) is 11.8 Å². The maximum Gasteiger partial charge on any atom is 0.269 e. The van der Waals surface area contributed by atoms with Crippen LogP contribution >= 0.6 is 0 Å². The second-order valence-electron chi connectivity index (χ2n) is 5.80. The summed E-state index contributed by atoms with van der Waals surface area (Å²) in [6.07, 6.45) is 0. The van der Waals surface area contributed by atoms with Gasteiger partial charge in [-0.3, -0.25) is 4.79 Å². The normalized spacial score (nSPS) is 10.9. The van der Waals surface area contributed by atoms with Crippen molar-refractivity contribution in [1.82, 2.24) is 10.3 Å². The summed E-state index contributed by atoms with van der Waals surface area (Å²) in [7, 11) is 0. The zero-order valence-corrected chi connectivity index (χ0v) is 12.9. The molecule has 1 aromatic rings. The third kappa shape index (κ3) is 4.06. The van der Waals surface area contributed by atoms with E-state index in [-0.39, 0.29) is 5.91 Å². The van der Waals surface area contributed by atoms with Crippen LogP contribution in [0.2, 0.25) is 0 Å². The molecule has 0 radical (unpaired) electrons. The number of nitrogens with one attached hydrogen (secondary N) is 1. The molecule has 1 N–H and O–H groups in total. The number of rotatable bonds is 5. The van der Waals surface area contributed by atoms with Crippen molar-refractivity contribution < 1.29 is 4.79 Å². The first-order valence-electron chi connectivity index (χ1n) is 7.02. The van der Waals surface area contributed by atoms with E-state index in [1.54, 1.807) is 19.1 Å². The van der Waals surface area contributed by atoms with E-state index in [1.165, 1.54) is 0 Å². The SMILES string of the molecule is Cc1nc(C(=O)NCC(C(C)C)C(C)C)ccc1C#N. The molecule has 108 valence electrons. The fraction of sp³-hybridized carbons (Fsp3) is 0.562. The molecule has 0 unspecified atom stereocenters. The van der Waals surface area contributed by atoms with Gasteiger partial charge in [0.05, 0.1) is 11.3 Å². The molecule has 1 aromatic heterocycles. The van der Waals surface area contributed by atoms with Crippen LogP contribution in [0, 0.1) is 36.0 Å². The molecule has 0 fully saturated rings. The fourth-order valence-electron chi connectivity index (χ4n) is 2.35. The molecule has 0 saturated heterocycles. The smallest absolute Gasteiger partial charge is 0.269 e. The third-order valence-corrected chi connectivity index (χ3v) is 3.65. The number of carbonyl (C=O) groups excluding carboxylic acids is 1. The van der Waals surface area contributed by atoms with Crippen molar-refractivity contribution in [3.05, 3.63) is 29.1 Å². The molecule has 4 nitrogen and oxygen atoms in total. The van der Waals surface area contributed by atoms with E-state index in [1.807, 2.05) is 6.07 Å². The molecule has 0 aromatic carbocycles. The minimum absolute atomic E-state index is 0.177. The molecule has 1 heterocycles. The highest BCUT2D eigenvalue weighted by atomic mass is 16.1. The Morgan fingerprint density at radius 1 is 1.30 bits per heavy atom. The van der Waals surface area contributed by atoms with Crippen LogP contribution in [0.1, 0.15) is 49.4 Å². The van der Waals surface area contributed by atoms with Crippen LogP contribution in [0.4, 0.5) is 0 Å². The number of nitrogens with zero attached hydrogens (tertiary/aromatic N) is 2. The van der Waals surface area contributed by atoms with Crippen molar-refractivity contribution in [3.63, 3.8) is 0 Å². The number of hydrogen-bond donors (Lipinski definition) is 1. The molecule has 0 saturated carbocycles. The maximum atomic E-state index is 12.1. The Bertz CT molecular complexity index is 507. The first-order chi connectivity index (χ1) is 9.36. The van der Waals surface area contributed by atoms with Gasteiger partial charge in [-0.15, -0.1) is 0 Å². The molecule has 0 aliphatic heterocycles. The molecule has 0 atom stereocenters. The van der Waals surface area contributed by atoms with Crippen molar-refractivity contribution >= 4 is 5.91 Å². The first kappa shape index (κ1) is 16.2. The van der Waals surface area contributed by atoms with Crippen LogP contribution in [0.5, 0.6) is 0 Å². The topological polar surface area (TPSA) is 65.8 Å². The summed E-state index contributed by atoms with van der Waals surface area (Å²) in [5.74, 6) is 1.30. The summed E-state index contributed by atoms with van der Waals surface area (Å²) in [5.41, 5.74) is 1.46. The molecule has 1 amide bonds. The first-order valence-corrected chi connectivity index (χ1v) is 7.02. The summed E-state index contributed by atoms with van der Waals surface area (Å²) in [6.45, 7) is 11.1. The van der Waals surface area contributed by atoms with Gasteiger partial charge in [0.25, 0.3) is 5.91 Å². The molecule has 0 aliphatic rings. The van der Waals surface area contributed by atoms with E-state index in [0.717, 1.165) is 0 Å². The van der Waals surface area contributed by atoms with Crippen LogP contribution in [-0.4, -0.2) is 17.4 Å². The van der Waals surface area contributed by atoms with E-state index >= 15 is 0 Å². The van der Waals surface area contributed by atoms with Crippen molar-refractivity contribution in [2.75, 3.05) is 6.54 Å². The Kier molecular flexibility index (Phi) is 5.69.